The van der Waals surface area contributed by atoms with Crippen molar-refractivity contribution in [3.05, 3.63) is 23.5 Å². The molecule has 1 aromatic rings. The molecule has 0 fully saturated rings. The summed E-state index contributed by atoms with van der Waals surface area (Å²) in [7, 11) is 0. The molecule has 0 bridgehead atoms. The minimum Gasteiger partial charge on any atom is -0.478 e. The van der Waals surface area contributed by atoms with E-state index in [-0.39, 0.29) is 0 Å². The number of rotatable bonds is 1. The summed E-state index contributed by atoms with van der Waals surface area (Å²) < 4.78 is 2.02. The molecule has 1 aliphatic rings. The van der Waals surface area contributed by atoms with Crippen molar-refractivity contribution < 1.29 is 9.90 Å². The average molecular weight is 180 g/mol. The van der Waals surface area contributed by atoms with Gasteiger partial charge in [-0.15, -0.1) is 0 Å². The number of carboxylic acids is 1. The Kier molecular flexibility index (Phi) is 2.06. The van der Waals surface area contributed by atoms with Crippen LogP contribution in [0.3, 0.4) is 0 Å². The maximum absolute atomic E-state index is 10.7. The Hall–Kier alpha value is -1.29. The molecule has 70 valence electrons. The fourth-order valence-electron chi connectivity index (χ4n) is 1.62. The fourth-order valence-corrected chi connectivity index (χ4v) is 1.62. The molecule has 2 heterocycles. The average Bonchev–Trinajstić information content (AvgIpc) is 2.38. The van der Waals surface area contributed by atoms with E-state index in [0.717, 1.165) is 31.7 Å². The Balaban J connectivity index is 2.32. The molecule has 2 rings (SSSR count). The highest BCUT2D eigenvalue weighted by atomic mass is 16.4. The number of nitrogens with one attached hydrogen (secondary N) is 1. The van der Waals surface area contributed by atoms with Crippen LogP contribution in [0.5, 0.6) is 0 Å². The van der Waals surface area contributed by atoms with Crippen LogP contribution in [0.4, 0.5) is 0 Å². The molecule has 4 nitrogen and oxygen atoms in total. The summed E-state index contributed by atoms with van der Waals surface area (Å²) in [6, 6.07) is 1.74. The standard InChI is InChI=1S/C9H12N2O2/c12-9(13)7-4-8-5-10-2-1-3-11(8)6-7/h4,6,10H,1-3,5H2,(H,12,13). The first-order valence-electron chi connectivity index (χ1n) is 4.40. The van der Waals surface area contributed by atoms with Crippen LogP contribution in [0, 0.1) is 0 Å². The number of hydrogen-bond donors (Lipinski definition) is 2. The van der Waals surface area contributed by atoms with Crippen LogP contribution in [0.25, 0.3) is 0 Å². The second kappa shape index (κ2) is 3.22. The normalized spacial score (nSPS) is 16.3. The first-order valence-corrected chi connectivity index (χ1v) is 4.40. The minimum atomic E-state index is -0.847. The molecule has 0 radical (unpaired) electrons. The lowest BCUT2D eigenvalue weighted by molar-refractivity contribution is 0.0697. The molecule has 4 heteroatoms. The van der Waals surface area contributed by atoms with Gasteiger partial charge in [0.15, 0.2) is 0 Å². The van der Waals surface area contributed by atoms with Gasteiger partial charge in [-0.3, -0.25) is 0 Å². The van der Waals surface area contributed by atoms with Crippen LogP contribution >= 0.6 is 0 Å². The van der Waals surface area contributed by atoms with E-state index in [1.807, 2.05) is 4.57 Å². The van der Waals surface area contributed by atoms with Crippen molar-refractivity contribution in [3.63, 3.8) is 0 Å². The van der Waals surface area contributed by atoms with Gasteiger partial charge in [-0.2, -0.15) is 0 Å². The summed E-state index contributed by atoms with van der Waals surface area (Å²) >= 11 is 0. The van der Waals surface area contributed by atoms with Gasteiger partial charge < -0.3 is 15.0 Å². The third-order valence-electron chi connectivity index (χ3n) is 2.29. The quantitative estimate of drug-likeness (QED) is 0.668. The van der Waals surface area contributed by atoms with Gasteiger partial charge in [0.25, 0.3) is 0 Å². The molecule has 13 heavy (non-hydrogen) atoms. The molecule has 1 aromatic heterocycles. The summed E-state index contributed by atoms with van der Waals surface area (Å²) in [5.74, 6) is -0.847. The van der Waals surface area contributed by atoms with E-state index in [4.69, 9.17) is 5.11 Å². The monoisotopic (exact) mass is 180 g/mol. The lowest BCUT2D eigenvalue weighted by Gasteiger charge is -2.00. The second-order valence-electron chi connectivity index (χ2n) is 3.25. The highest BCUT2D eigenvalue weighted by Gasteiger charge is 2.12. The predicted octanol–water partition coefficient (Wildman–Crippen LogP) is 0.680. The van der Waals surface area contributed by atoms with E-state index < -0.39 is 5.97 Å². The van der Waals surface area contributed by atoms with E-state index in [1.54, 1.807) is 12.3 Å². The van der Waals surface area contributed by atoms with Crippen LogP contribution in [-0.2, 0) is 13.1 Å². The predicted molar refractivity (Wildman–Crippen MR) is 47.7 cm³/mol. The van der Waals surface area contributed by atoms with E-state index in [9.17, 15) is 4.79 Å². The van der Waals surface area contributed by atoms with Gasteiger partial charge in [0.1, 0.15) is 0 Å². The number of aromatic nitrogens is 1. The molecule has 0 atom stereocenters. The van der Waals surface area contributed by atoms with Crippen molar-refractivity contribution in [2.75, 3.05) is 6.54 Å². The SMILES string of the molecule is O=C(O)c1cc2n(c1)CCCNC2. The molecule has 0 amide bonds. The van der Waals surface area contributed by atoms with Gasteiger partial charge in [0.2, 0.25) is 0 Å². The van der Waals surface area contributed by atoms with Crippen molar-refractivity contribution in [2.45, 2.75) is 19.5 Å². The number of carbonyl (C=O) groups is 1. The van der Waals surface area contributed by atoms with E-state index >= 15 is 0 Å². The Labute approximate surface area is 76.2 Å². The maximum atomic E-state index is 10.7. The number of aryl methyl sites for hydroxylation is 1. The van der Waals surface area contributed by atoms with Crippen LogP contribution in [0.2, 0.25) is 0 Å². The zero-order chi connectivity index (χ0) is 9.26. The van der Waals surface area contributed by atoms with Crippen molar-refractivity contribution in [3.8, 4) is 0 Å². The number of fused-ring (bicyclic) bond motifs is 1. The molecule has 0 spiro atoms. The Bertz CT molecular complexity index is 307. The summed E-state index contributed by atoms with van der Waals surface area (Å²) in [5, 5.41) is 12.0. The van der Waals surface area contributed by atoms with Gasteiger partial charge >= 0.3 is 5.97 Å². The Morgan fingerprint density at radius 3 is 3.23 bits per heavy atom. The molecule has 1 aliphatic heterocycles. The highest BCUT2D eigenvalue weighted by molar-refractivity contribution is 5.87. The van der Waals surface area contributed by atoms with Crippen molar-refractivity contribution in [1.29, 1.82) is 0 Å². The first kappa shape index (κ1) is 8.31. The number of nitrogens with zero attached hydrogens (tertiary/aromatic N) is 1. The van der Waals surface area contributed by atoms with Gasteiger partial charge in [-0.25, -0.2) is 4.79 Å². The summed E-state index contributed by atoms with van der Waals surface area (Å²) in [6.07, 6.45) is 2.77. The molecular formula is C9H12N2O2. The van der Waals surface area contributed by atoms with Crippen molar-refractivity contribution >= 4 is 5.97 Å². The molecule has 0 unspecified atom stereocenters. The number of aromatic carboxylic acids is 1. The largest absolute Gasteiger partial charge is 0.478 e. The molecule has 0 aromatic carbocycles. The van der Waals surface area contributed by atoms with E-state index in [2.05, 4.69) is 5.32 Å². The third kappa shape index (κ3) is 1.58. The number of hydrogen-bond acceptors (Lipinski definition) is 2. The highest BCUT2D eigenvalue weighted by Crippen LogP contribution is 2.11. The van der Waals surface area contributed by atoms with Gasteiger partial charge in [0.05, 0.1) is 5.56 Å². The molecule has 2 N–H and O–H groups in total. The Morgan fingerprint density at radius 1 is 1.62 bits per heavy atom. The second-order valence-corrected chi connectivity index (χ2v) is 3.25. The number of carboxylic acid groups (broad SMARTS) is 1. The topological polar surface area (TPSA) is 54.3 Å². The minimum absolute atomic E-state index is 0.388. The lowest BCUT2D eigenvalue weighted by Crippen LogP contribution is -2.11. The Morgan fingerprint density at radius 2 is 2.46 bits per heavy atom. The van der Waals surface area contributed by atoms with E-state index in [0.29, 0.717) is 5.56 Å². The first-order chi connectivity index (χ1) is 6.27. The maximum Gasteiger partial charge on any atom is 0.337 e. The van der Waals surface area contributed by atoms with Crippen LogP contribution in [-0.4, -0.2) is 22.2 Å². The van der Waals surface area contributed by atoms with Gasteiger partial charge in [-0.1, -0.05) is 0 Å². The van der Waals surface area contributed by atoms with Crippen LogP contribution in [0.15, 0.2) is 12.3 Å². The summed E-state index contributed by atoms with van der Waals surface area (Å²) in [6.45, 7) is 2.69. The fraction of sp³-hybridized carbons (Fsp3) is 0.444. The van der Waals surface area contributed by atoms with Crippen LogP contribution < -0.4 is 5.32 Å². The van der Waals surface area contributed by atoms with Crippen molar-refractivity contribution in [1.82, 2.24) is 9.88 Å². The summed E-state index contributed by atoms with van der Waals surface area (Å²) in [5.41, 5.74) is 1.45. The molecule has 0 aliphatic carbocycles. The molecular weight excluding hydrogens is 168 g/mol. The zero-order valence-corrected chi connectivity index (χ0v) is 7.29. The smallest absolute Gasteiger partial charge is 0.337 e. The third-order valence-corrected chi connectivity index (χ3v) is 2.29. The summed E-state index contributed by atoms with van der Waals surface area (Å²) in [4.78, 5) is 10.7. The molecule has 0 saturated carbocycles. The van der Waals surface area contributed by atoms with Gasteiger partial charge in [-0.05, 0) is 19.0 Å². The van der Waals surface area contributed by atoms with E-state index in [1.165, 1.54) is 0 Å². The molecule has 0 saturated heterocycles. The van der Waals surface area contributed by atoms with Crippen LogP contribution in [0.1, 0.15) is 22.5 Å². The zero-order valence-electron chi connectivity index (χ0n) is 7.29. The lowest BCUT2D eigenvalue weighted by atomic mass is 10.3. The van der Waals surface area contributed by atoms with Crippen molar-refractivity contribution in [2.24, 2.45) is 0 Å². The van der Waals surface area contributed by atoms with Gasteiger partial charge in [0, 0.05) is 25.0 Å².